The Hall–Kier alpha value is -2.92. The first-order chi connectivity index (χ1) is 11.7. The largest absolute Gasteiger partial charge is 0.351 e. The zero-order valence-electron chi connectivity index (χ0n) is 13.3. The first-order valence-electron chi connectivity index (χ1n) is 7.90. The number of aromatic nitrogens is 2. The SMILES string of the molecule is N[C@H](CNC(=O)/C=C/c1c[nH]c2ncccc12)Cc1ccccc1. The van der Waals surface area contributed by atoms with E-state index in [0.717, 1.165) is 23.0 Å². The molecular formula is C19H20N4O. The quantitative estimate of drug-likeness (QED) is 0.609. The van der Waals surface area contributed by atoms with Crippen LogP contribution in [0.15, 0.2) is 60.9 Å². The molecule has 0 radical (unpaired) electrons. The lowest BCUT2D eigenvalue weighted by atomic mass is 10.1. The first-order valence-corrected chi connectivity index (χ1v) is 7.90. The van der Waals surface area contributed by atoms with Crippen LogP contribution in [-0.4, -0.2) is 28.5 Å². The zero-order valence-corrected chi connectivity index (χ0v) is 13.3. The molecule has 1 amide bonds. The summed E-state index contributed by atoms with van der Waals surface area (Å²) in [5.74, 6) is -0.156. The van der Waals surface area contributed by atoms with Crippen molar-refractivity contribution in [2.24, 2.45) is 5.73 Å². The molecule has 122 valence electrons. The molecule has 5 heteroatoms. The third kappa shape index (κ3) is 4.08. The van der Waals surface area contributed by atoms with Gasteiger partial charge in [-0.05, 0) is 30.2 Å². The van der Waals surface area contributed by atoms with E-state index in [2.05, 4.69) is 15.3 Å². The molecule has 24 heavy (non-hydrogen) atoms. The summed E-state index contributed by atoms with van der Waals surface area (Å²) in [6, 6.07) is 13.7. The van der Waals surface area contributed by atoms with Crippen molar-refractivity contribution in [3.8, 4) is 0 Å². The van der Waals surface area contributed by atoms with Crippen LogP contribution in [0.2, 0.25) is 0 Å². The molecule has 0 saturated heterocycles. The van der Waals surface area contributed by atoms with Crippen LogP contribution in [0.4, 0.5) is 0 Å². The lowest BCUT2D eigenvalue weighted by molar-refractivity contribution is -0.116. The van der Waals surface area contributed by atoms with Gasteiger partial charge in [0.15, 0.2) is 0 Å². The molecule has 0 spiro atoms. The second-order valence-corrected chi connectivity index (χ2v) is 5.67. The van der Waals surface area contributed by atoms with Crippen molar-refractivity contribution in [2.45, 2.75) is 12.5 Å². The van der Waals surface area contributed by atoms with Gasteiger partial charge in [-0.1, -0.05) is 30.3 Å². The van der Waals surface area contributed by atoms with E-state index < -0.39 is 0 Å². The van der Waals surface area contributed by atoms with Gasteiger partial charge < -0.3 is 16.0 Å². The van der Waals surface area contributed by atoms with Gasteiger partial charge in [0, 0.05) is 42.0 Å². The van der Waals surface area contributed by atoms with Crippen molar-refractivity contribution in [2.75, 3.05) is 6.54 Å². The number of benzene rings is 1. The summed E-state index contributed by atoms with van der Waals surface area (Å²) in [6.45, 7) is 0.438. The molecule has 3 aromatic rings. The van der Waals surface area contributed by atoms with Gasteiger partial charge in [0.25, 0.3) is 0 Å². The Morgan fingerprint density at radius 2 is 2.08 bits per heavy atom. The van der Waals surface area contributed by atoms with E-state index in [1.165, 1.54) is 11.6 Å². The Morgan fingerprint density at radius 3 is 2.92 bits per heavy atom. The van der Waals surface area contributed by atoms with E-state index in [1.807, 2.05) is 48.7 Å². The highest BCUT2D eigenvalue weighted by atomic mass is 16.1. The van der Waals surface area contributed by atoms with Gasteiger partial charge >= 0.3 is 0 Å². The van der Waals surface area contributed by atoms with Crippen molar-refractivity contribution >= 4 is 23.0 Å². The molecule has 4 N–H and O–H groups in total. The van der Waals surface area contributed by atoms with Crippen molar-refractivity contribution in [3.05, 3.63) is 72.1 Å². The van der Waals surface area contributed by atoms with Crippen LogP contribution in [0, 0.1) is 0 Å². The number of carbonyl (C=O) groups excluding carboxylic acids is 1. The van der Waals surface area contributed by atoms with Crippen LogP contribution in [0.1, 0.15) is 11.1 Å². The third-order valence-corrected chi connectivity index (χ3v) is 3.78. The van der Waals surface area contributed by atoms with Crippen LogP contribution in [-0.2, 0) is 11.2 Å². The van der Waals surface area contributed by atoms with E-state index in [-0.39, 0.29) is 11.9 Å². The number of hydrogen-bond acceptors (Lipinski definition) is 3. The second kappa shape index (κ2) is 7.57. The highest BCUT2D eigenvalue weighted by Gasteiger charge is 2.06. The summed E-state index contributed by atoms with van der Waals surface area (Å²) < 4.78 is 0. The number of nitrogens with zero attached hydrogens (tertiary/aromatic N) is 1. The lowest BCUT2D eigenvalue weighted by Gasteiger charge is -2.11. The van der Waals surface area contributed by atoms with E-state index in [9.17, 15) is 4.79 Å². The van der Waals surface area contributed by atoms with Gasteiger partial charge in [-0.2, -0.15) is 0 Å². The molecule has 3 rings (SSSR count). The number of carbonyl (C=O) groups is 1. The van der Waals surface area contributed by atoms with Gasteiger partial charge in [0.2, 0.25) is 5.91 Å². The fourth-order valence-electron chi connectivity index (χ4n) is 2.56. The number of fused-ring (bicyclic) bond motifs is 1. The molecule has 1 atom stereocenters. The topological polar surface area (TPSA) is 83.8 Å². The number of amides is 1. The first kappa shape index (κ1) is 16.0. The molecular weight excluding hydrogens is 300 g/mol. The van der Waals surface area contributed by atoms with Crippen molar-refractivity contribution in [3.63, 3.8) is 0 Å². The molecule has 0 fully saturated rings. The highest BCUT2D eigenvalue weighted by molar-refractivity contribution is 5.95. The normalized spacial score (nSPS) is 12.5. The van der Waals surface area contributed by atoms with Gasteiger partial charge in [-0.25, -0.2) is 4.98 Å². The standard InChI is InChI=1S/C19H20N4O/c20-16(11-14-5-2-1-3-6-14)13-22-18(24)9-8-15-12-23-19-17(15)7-4-10-21-19/h1-10,12,16H,11,13,20H2,(H,21,23)(H,22,24)/b9-8+/t16-/m0/s1. The number of hydrogen-bond donors (Lipinski definition) is 3. The number of pyridine rings is 1. The molecule has 2 aromatic heterocycles. The number of rotatable bonds is 6. The van der Waals surface area contributed by atoms with E-state index in [1.54, 1.807) is 12.3 Å². The molecule has 0 aliphatic rings. The van der Waals surface area contributed by atoms with E-state index >= 15 is 0 Å². The van der Waals surface area contributed by atoms with Gasteiger partial charge in [-0.3, -0.25) is 4.79 Å². The van der Waals surface area contributed by atoms with Gasteiger partial charge in [0.05, 0.1) is 0 Å². The summed E-state index contributed by atoms with van der Waals surface area (Å²) in [4.78, 5) is 19.2. The van der Waals surface area contributed by atoms with Gasteiger partial charge in [0.1, 0.15) is 5.65 Å². The second-order valence-electron chi connectivity index (χ2n) is 5.67. The molecule has 2 heterocycles. The van der Waals surface area contributed by atoms with Crippen LogP contribution in [0.25, 0.3) is 17.1 Å². The highest BCUT2D eigenvalue weighted by Crippen LogP contribution is 2.16. The Morgan fingerprint density at radius 1 is 1.25 bits per heavy atom. The zero-order chi connectivity index (χ0) is 16.8. The number of nitrogens with two attached hydrogens (primary N) is 1. The van der Waals surface area contributed by atoms with Crippen molar-refractivity contribution in [1.29, 1.82) is 0 Å². The predicted octanol–water partition coefficient (Wildman–Crippen LogP) is 2.26. The Bertz CT molecular complexity index is 839. The van der Waals surface area contributed by atoms with Crippen molar-refractivity contribution < 1.29 is 4.79 Å². The van der Waals surface area contributed by atoms with Crippen LogP contribution in [0.3, 0.4) is 0 Å². The number of H-pyrrole nitrogens is 1. The molecule has 0 aliphatic heterocycles. The maximum Gasteiger partial charge on any atom is 0.244 e. The molecule has 1 aromatic carbocycles. The molecule has 0 bridgehead atoms. The molecule has 0 unspecified atom stereocenters. The van der Waals surface area contributed by atoms with Gasteiger partial charge in [-0.15, -0.1) is 0 Å². The predicted molar refractivity (Wildman–Crippen MR) is 96.3 cm³/mol. The molecule has 0 saturated carbocycles. The maximum absolute atomic E-state index is 12.0. The van der Waals surface area contributed by atoms with Crippen molar-refractivity contribution in [1.82, 2.24) is 15.3 Å². The Balaban J connectivity index is 1.52. The summed E-state index contributed by atoms with van der Waals surface area (Å²) in [7, 11) is 0. The maximum atomic E-state index is 12.0. The molecule has 5 nitrogen and oxygen atoms in total. The third-order valence-electron chi connectivity index (χ3n) is 3.78. The average molecular weight is 320 g/mol. The Kier molecular flexibility index (Phi) is 5.03. The smallest absolute Gasteiger partial charge is 0.244 e. The minimum atomic E-state index is -0.156. The summed E-state index contributed by atoms with van der Waals surface area (Å²) in [5.41, 5.74) is 8.97. The monoisotopic (exact) mass is 320 g/mol. The summed E-state index contributed by atoms with van der Waals surface area (Å²) in [6.07, 6.45) is 7.60. The molecule has 0 aliphatic carbocycles. The van der Waals surface area contributed by atoms with Crippen LogP contribution >= 0.6 is 0 Å². The average Bonchev–Trinajstić information content (AvgIpc) is 3.02. The lowest BCUT2D eigenvalue weighted by Crippen LogP contribution is -2.37. The van der Waals surface area contributed by atoms with E-state index in [0.29, 0.717) is 6.54 Å². The van der Waals surface area contributed by atoms with Crippen LogP contribution in [0.5, 0.6) is 0 Å². The fourth-order valence-corrected chi connectivity index (χ4v) is 2.56. The minimum Gasteiger partial charge on any atom is -0.351 e. The minimum absolute atomic E-state index is 0.109. The number of nitrogens with one attached hydrogen (secondary N) is 2. The van der Waals surface area contributed by atoms with E-state index in [4.69, 9.17) is 5.73 Å². The Labute approximate surface area is 140 Å². The fraction of sp³-hybridized carbons (Fsp3) is 0.158. The summed E-state index contributed by atoms with van der Waals surface area (Å²) in [5, 5.41) is 3.82. The summed E-state index contributed by atoms with van der Waals surface area (Å²) >= 11 is 0. The van der Waals surface area contributed by atoms with Crippen LogP contribution < -0.4 is 11.1 Å². The number of aromatic amines is 1.